The minimum atomic E-state index is -4.66. The van der Waals surface area contributed by atoms with Crippen molar-refractivity contribution >= 4 is 13.6 Å². The van der Waals surface area contributed by atoms with Crippen molar-refractivity contribution in [2.75, 3.05) is 5.73 Å². The summed E-state index contributed by atoms with van der Waals surface area (Å²) in [6, 6.07) is 11.2. The van der Waals surface area contributed by atoms with Gasteiger partial charge < -0.3 is 19.0 Å². The molecule has 4 N–H and O–H groups in total. The molecular formula is C21H18F2N4O6P+. The maximum Gasteiger partial charge on any atom is 0.472 e. The van der Waals surface area contributed by atoms with Gasteiger partial charge in [-0.2, -0.15) is 0 Å². The highest BCUT2D eigenvalue weighted by Crippen LogP contribution is 2.35. The first-order valence-corrected chi connectivity index (χ1v) is 11.2. The molecule has 0 fully saturated rings. The highest BCUT2D eigenvalue weighted by molar-refractivity contribution is 7.46. The minimum absolute atomic E-state index is 0.134. The van der Waals surface area contributed by atoms with E-state index in [4.69, 9.17) is 24.8 Å². The van der Waals surface area contributed by atoms with Gasteiger partial charge in [-0.25, -0.2) is 27.4 Å². The van der Waals surface area contributed by atoms with Crippen LogP contribution in [0.5, 0.6) is 11.6 Å². The number of benzene rings is 1. The molecule has 0 atom stereocenters. The standard InChI is InChI=1S/C21H17F2N4O6P/c22-14-4-5-18(17(23)9-14)32-20-6-3-13(11-25-20)8-15-10-19(33-26-15)16-2-1-7-27(21(16)24)12-31-34(28,29)30/h1-7,9-11,24H,8,12H2,(H2,28,29,30)/p+1. The summed E-state index contributed by atoms with van der Waals surface area (Å²) in [6.45, 7) is -0.452. The van der Waals surface area contributed by atoms with E-state index in [1.54, 1.807) is 24.3 Å². The van der Waals surface area contributed by atoms with Crippen LogP contribution in [-0.4, -0.2) is 19.9 Å². The topological polar surface area (TPSA) is 145 Å². The Balaban J connectivity index is 1.44. The van der Waals surface area contributed by atoms with E-state index in [1.807, 2.05) is 0 Å². The van der Waals surface area contributed by atoms with Gasteiger partial charge in [0.25, 0.3) is 5.82 Å². The number of hydrogen-bond acceptors (Lipinski definition) is 7. The van der Waals surface area contributed by atoms with E-state index < -0.39 is 26.2 Å². The maximum atomic E-state index is 13.7. The van der Waals surface area contributed by atoms with Crippen molar-refractivity contribution in [3.8, 4) is 23.0 Å². The number of phosphoric ester groups is 1. The van der Waals surface area contributed by atoms with E-state index in [1.165, 1.54) is 29.1 Å². The quantitative estimate of drug-likeness (QED) is 0.250. The van der Waals surface area contributed by atoms with Crippen LogP contribution in [0.2, 0.25) is 0 Å². The maximum absolute atomic E-state index is 13.7. The Labute approximate surface area is 191 Å². The van der Waals surface area contributed by atoms with E-state index >= 15 is 0 Å². The smallest absolute Gasteiger partial charge is 0.436 e. The van der Waals surface area contributed by atoms with Crippen LogP contribution in [0.3, 0.4) is 0 Å². The summed E-state index contributed by atoms with van der Waals surface area (Å²) in [5, 5.41) is 4.01. The van der Waals surface area contributed by atoms with Crippen molar-refractivity contribution in [2.24, 2.45) is 0 Å². The second-order valence-electron chi connectivity index (χ2n) is 7.07. The second kappa shape index (κ2) is 9.65. The average molecular weight is 491 g/mol. The van der Waals surface area contributed by atoms with Gasteiger partial charge in [-0.15, -0.1) is 0 Å². The van der Waals surface area contributed by atoms with Crippen LogP contribution in [0, 0.1) is 11.6 Å². The molecule has 0 saturated heterocycles. The first-order valence-electron chi connectivity index (χ1n) is 9.70. The Morgan fingerprint density at radius 1 is 1.15 bits per heavy atom. The third kappa shape index (κ3) is 5.80. The third-order valence-corrected chi connectivity index (χ3v) is 5.05. The summed E-state index contributed by atoms with van der Waals surface area (Å²) >= 11 is 0. The van der Waals surface area contributed by atoms with E-state index in [9.17, 15) is 13.3 Å². The molecule has 34 heavy (non-hydrogen) atoms. The Morgan fingerprint density at radius 3 is 2.68 bits per heavy atom. The number of nitrogens with two attached hydrogens (primary N) is 1. The Hall–Kier alpha value is -3.70. The normalized spacial score (nSPS) is 11.5. The van der Waals surface area contributed by atoms with Crippen molar-refractivity contribution in [2.45, 2.75) is 13.2 Å². The molecule has 0 aliphatic heterocycles. The van der Waals surface area contributed by atoms with Crippen molar-refractivity contribution in [3.05, 3.63) is 83.8 Å². The SMILES string of the molecule is Nc1c(-c2cc(Cc3ccc(Oc4ccc(F)cc4F)nc3)no2)ccc[n+]1COP(=O)(O)O. The van der Waals surface area contributed by atoms with Gasteiger partial charge in [0.05, 0.1) is 11.9 Å². The van der Waals surface area contributed by atoms with E-state index in [0.29, 0.717) is 23.4 Å². The molecule has 4 aromatic rings. The van der Waals surface area contributed by atoms with E-state index in [2.05, 4.69) is 14.7 Å². The Bertz CT molecular complexity index is 1360. The largest absolute Gasteiger partial charge is 0.472 e. The average Bonchev–Trinajstić information content (AvgIpc) is 3.24. The molecule has 0 bridgehead atoms. The molecule has 10 nitrogen and oxygen atoms in total. The van der Waals surface area contributed by atoms with Crippen LogP contribution in [0.15, 0.2) is 65.4 Å². The van der Waals surface area contributed by atoms with Crippen LogP contribution < -0.4 is 15.0 Å². The molecule has 0 saturated carbocycles. The zero-order chi connectivity index (χ0) is 24.3. The summed E-state index contributed by atoms with van der Waals surface area (Å²) in [6.07, 6.45) is 3.38. The molecule has 0 radical (unpaired) electrons. The first-order chi connectivity index (χ1) is 16.2. The highest BCUT2D eigenvalue weighted by Gasteiger charge is 2.20. The first kappa shape index (κ1) is 23.5. The summed E-state index contributed by atoms with van der Waals surface area (Å²) in [7, 11) is -4.66. The van der Waals surface area contributed by atoms with Crippen LogP contribution in [0.1, 0.15) is 11.3 Å². The summed E-state index contributed by atoms with van der Waals surface area (Å²) < 4.78 is 54.2. The number of rotatable bonds is 8. The lowest BCUT2D eigenvalue weighted by atomic mass is 10.1. The number of phosphoric acid groups is 1. The number of halogens is 2. The number of pyridine rings is 2. The molecule has 1 aromatic carbocycles. The number of ether oxygens (including phenoxy) is 1. The lowest BCUT2D eigenvalue weighted by Crippen LogP contribution is -2.38. The van der Waals surface area contributed by atoms with Crippen molar-refractivity contribution in [3.63, 3.8) is 0 Å². The van der Waals surface area contributed by atoms with Gasteiger partial charge in [-0.05, 0) is 29.8 Å². The molecule has 0 spiro atoms. The summed E-state index contributed by atoms with van der Waals surface area (Å²) in [5.74, 6) is -1.05. The van der Waals surface area contributed by atoms with Gasteiger partial charge in [0.1, 0.15) is 11.4 Å². The number of nitrogen functional groups attached to an aromatic ring is 1. The van der Waals surface area contributed by atoms with Gasteiger partial charge in [0.15, 0.2) is 17.3 Å². The molecule has 3 aromatic heterocycles. The highest BCUT2D eigenvalue weighted by atomic mass is 31.2. The lowest BCUT2D eigenvalue weighted by molar-refractivity contribution is -0.711. The minimum Gasteiger partial charge on any atom is -0.436 e. The Morgan fingerprint density at radius 2 is 1.97 bits per heavy atom. The molecular weight excluding hydrogens is 473 g/mol. The van der Waals surface area contributed by atoms with Crippen LogP contribution in [-0.2, 0) is 22.2 Å². The predicted molar refractivity (Wildman–Crippen MR) is 113 cm³/mol. The van der Waals surface area contributed by atoms with Gasteiger partial charge in [-0.3, -0.25) is 5.73 Å². The van der Waals surface area contributed by atoms with E-state index in [-0.39, 0.29) is 17.4 Å². The van der Waals surface area contributed by atoms with Gasteiger partial charge >= 0.3 is 7.82 Å². The van der Waals surface area contributed by atoms with Gasteiger partial charge in [0.2, 0.25) is 12.6 Å². The van der Waals surface area contributed by atoms with Crippen molar-refractivity contribution in [1.82, 2.24) is 10.1 Å². The van der Waals surface area contributed by atoms with Gasteiger partial charge in [-0.1, -0.05) is 11.2 Å². The molecule has 176 valence electrons. The van der Waals surface area contributed by atoms with Crippen molar-refractivity contribution < 1.29 is 41.5 Å². The molecule has 0 unspecified atom stereocenters. The molecule has 3 heterocycles. The summed E-state index contributed by atoms with van der Waals surface area (Å²) in [5.41, 5.74) is 7.86. The van der Waals surface area contributed by atoms with Crippen molar-refractivity contribution in [1.29, 1.82) is 0 Å². The fourth-order valence-corrected chi connectivity index (χ4v) is 3.27. The monoisotopic (exact) mass is 491 g/mol. The lowest BCUT2D eigenvalue weighted by Gasteiger charge is -2.07. The number of hydrogen-bond donors (Lipinski definition) is 3. The summed E-state index contributed by atoms with van der Waals surface area (Å²) in [4.78, 5) is 21.9. The van der Waals surface area contributed by atoms with Gasteiger partial charge in [0, 0.05) is 30.8 Å². The van der Waals surface area contributed by atoms with Crippen LogP contribution >= 0.6 is 7.82 Å². The number of anilines is 1. The zero-order valence-electron chi connectivity index (χ0n) is 17.3. The molecule has 13 heteroatoms. The number of nitrogens with zero attached hydrogens (tertiary/aromatic N) is 3. The second-order valence-corrected chi connectivity index (χ2v) is 8.31. The molecule has 4 rings (SSSR count). The predicted octanol–water partition coefficient (Wildman–Crippen LogP) is 3.33. The fraction of sp³-hybridized carbons (Fsp3) is 0.0952. The molecule has 0 amide bonds. The third-order valence-electron chi connectivity index (χ3n) is 4.59. The molecule has 0 aliphatic rings. The molecule has 0 aliphatic carbocycles. The Kier molecular flexibility index (Phi) is 6.66. The van der Waals surface area contributed by atoms with E-state index in [0.717, 1.165) is 17.7 Å². The zero-order valence-corrected chi connectivity index (χ0v) is 18.2. The van der Waals surface area contributed by atoms with Crippen LogP contribution in [0.25, 0.3) is 11.3 Å². The van der Waals surface area contributed by atoms with Crippen LogP contribution in [0.4, 0.5) is 14.6 Å². The fourth-order valence-electron chi connectivity index (χ4n) is 3.00. The number of aromatic nitrogens is 3.